The summed E-state index contributed by atoms with van der Waals surface area (Å²) in [6.45, 7) is 0.629. The van der Waals surface area contributed by atoms with E-state index < -0.39 is 11.9 Å². The molecule has 8 nitrogen and oxygen atoms in total. The fraction of sp³-hybridized carbons (Fsp3) is 0.647. The summed E-state index contributed by atoms with van der Waals surface area (Å²) in [6.07, 6.45) is 9.02. The first-order valence-corrected chi connectivity index (χ1v) is 9.08. The number of imidazole rings is 1. The Labute approximate surface area is 146 Å². The first-order chi connectivity index (χ1) is 12.1. The van der Waals surface area contributed by atoms with E-state index in [-0.39, 0.29) is 29.2 Å². The SMILES string of the molecule is O=C(NC1CCCCC1)c1nc[nH]c1C(=O)NC1CCCCNC1=O. The molecule has 2 heterocycles. The zero-order chi connectivity index (χ0) is 17.6. The highest BCUT2D eigenvalue weighted by molar-refractivity contribution is 6.05. The molecule has 0 bridgehead atoms. The number of hydrogen-bond acceptors (Lipinski definition) is 4. The highest BCUT2D eigenvalue weighted by Crippen LogP contribution is 2.18. The third-order valence-electron chi connectivity index (χ3n) is 4.86. The van der Waals surface area contributed by atoms with E-state index in [4.69, 9.17) is 0 Å². The average Bonchev–Trinajstić information content (AvgIpc) is 3.02. The van der Waals surface area contributed by atoms with Gasteiger partial charge in [0.2, 0.25) is 5.91 Å². The van der Waals surface area contributed by atoms with Gasteiger partial charge in [0.1, 0.15) is 11.7 Å². The summed E-state index contributed by atoms with van der Waals surface area (Å²) in [5.41, 5.74) is 0.183. The number of aromatic nitrogens is 2. The van der Waals surface area contributed by atoms with Crippen molar-refractivity contribution in [3.05, 3.63) is 17.7 Å². The van der Waals surface area contributed by atoms with Crippen molar-refractivity contribution in [2.45, 2.75) is 63.5 Å². The largest absolute Gasteiger partial charge is 0.354 e. The van der Waals surface area contributed by atoms with Gasteiger partial charge in [-0.1, -0.05) is 19.3 Å². The Morgan fingerprint density at radius 2 is 1.76 bits per heavy atom. The van der Waals surface area contributed by atoms with Crippen molar-refractivity contribution in [1.29, 1.82) is 0 Å². The first-order valence-electron chi connectivity index (χ1n) is 9.08. The minimum atomic E-state index is -0.576. The third kappa shape index (κ3) is 4.37. The van der Waals surface area contributed by atoms with Crippen molar-refractivity contribution in [2.75, 3.05) is 6.54 Å². The molecule has 1 unspecified atom stereocenters. The van der Waals surface area contributed by atoms with E-state index in [1.807, 2.05) is 0 Å². The Bertz CT molecular complexity index is 636. The zero-order valence-corrected chi connectivity index (χ0v) is 14.3. The molecule has 1 aliphatic carbocycles. The second kappa shape index (κ2) is 8.13. The highest BCUT2D eigenvalue weighted by Gasteiger charge is 2.27. The van der Waals surface area contributed by atoms with Gasteiger partial charge in [0.15, 0.2) is 5.69 Å². The number of rotatable bonds is 4. The maximum Gasteiger partial charge on any atom is 0.272 e. The molecule has 4 N–H and O–H groups in total. The molecule has 8 heteroatoms. The van der Waals surface area contributed by atoms with Crippen LogP contribution in [0.5, 0.6) is 0 Å². The molecule has 0 radical (unpaired) electrons. The fourth-order valence-corrected chi connectivity index (χ4v) is 3.45. The molecule has 1 aliphatic heterocycles. The lowest BCUT2D eigenvalue weighted by Crippen LogP contribution is -2.46. The van der Waals surface area contributed by atoms with Gasteiger partial charge in [-0.2, -0.15) is 0 Å². The summed E-state index contributed by atoms with van der Waals surface area (Å²) < 4.78 is 0. The Morgan fingerprint density at radius 3 is 2.56 bits per heavy atom. The summed E-state index contributed by atoms with van der Waals surface area (Å²) in [6, 6.07) is -0.436. The average molecular weight is 347 g/mol. The van der Waals surface area contributed by atoms with Crippen LogP contribution in [-0.2, 0) is 4.79 Å². The van der Waals surface area contributed by atoms with Crippen molar-refractivity contribution in [3.63, 3.8) is 0 Å². The maximum atomic E-state index is 12.5. The molecule has 136 valence electrons. The van der Waals surface area contributed by atoms with E-state index in [0.717, 1.165) is 38.5 Å². The monoisotopic (exact) mass is 347 g/mol. The molecule has 1 aromatic rings. The minimum Gasteiger partial charge on any atom is -0.354 e. The molecule has 1 saturated carbocycles. The Hall–Kier alpha value is -2.38. The van der Waals surface area contributed by atoms with Gasteiger partial charge in [-0.05, 0) is 32.1 Å². The number of carbonyl (C=O) groups is 3. The van der Waals surface area contributed by atoms with E-state index in [0.29, 0.717) is 13.0 Å². The third-order valence-corrected chi connectivity index (χ3v) is 4.86. The lowest BCUT2D eigenvalue weighted by molar-refractivity contribution is -0.122. The molecule has 3 amide bonds. The summed E-state index contributed by atoms with van der Waals surface area (Å²) in [7, 11) is 0. The van der Waals surface area contributed by atoms with Gasteiger partial charge in [-0.25, -0.2) is 4.98 Å². The van der Waals surface area contributed by atoms with Gasteiger partial charge in [0, 0.05) is 12.6 Å². The summed E-state index contributed by atoms with van der Waals surface area (Å²) in [5.74, 6) is -1.00. The van der Waals surface area contributed by atoms with Gasteiger partial charge in [0.05, 0.1) is 6.33 Å². The second-order valence-corrected chi connectivity index (χ2v) is 6.75. The molecular weight excluding hydrogens is 322 g/mol. The molecule has 1 atom stereocenters. The van der Waals surface area contributed by atoms with Crippen molar-refractivity contribution >= 4 is 17.7 Å². The van der Waals surface area contributed by atoms with Crippen molar-refractivity contribution in [2.24, 2.45) is 0 Å². The van der Waals surface area contributed by atoms with E-state index >= 15 is 0 Å². The van der Waals surface area contributed by atoms with Crippen LogP contribution in [0.4, 0.5) is 0 Å². The Balaban J connectivity index is 1.64. The van der Waals surface area contributed by atoms with Gasteiger partial charge >= 0.3 is 0 Å². The molecule has 2 fully saturated rings. The normalized spacial score (nSPS) is 21.9. The second-order valence-electron chi connectivity index (χ2n) is 6.75. The number of nitrogens with zero attached hydrogens (tertiary/aromatic N) is 1. The van der Waals surface area contributed by atoms with E-state index in [9.17, 15) is 14.4 Å². The van der Waals surface area contributed by atoms with Crippen LogP contribution in [0.3, 0.4) is 0 Å². The smallest absolute Gasteiger partial charge is 0.272 e. The van der Waals surface area contributed by atoms with Crippen LogP contribution in [0, 0.1) is 0 Å². The van der Waals surface area contributed by atoms with Crippen LogP contribution in [0.15, 0.2) is 6.33 Å². The van der Waals surface area contributed by atoms with Crippen molar-refractivity contribution in [1.82, 2.24) is 25.9 Å². The van der Waals surface area contributed by atoms with E-state index in [2.05, 4.69) is 25.9 Å². The molecule has 0 aromatic carbocycles. The number of nitrogens with one attached hydrogen (secondary N) is 4. The standard InChI is InChI=1S/C17H25N5O3/c23-15-12(8-4-5-9-18-15)22-17(25)14-13(19-10-20-14)16(24)21-11-6-2-1-3-7-11/h10-12H,1-9H2,(H,18,23)(H,19,20)(H,21,24)(H,22,25). The number of aromatic amines is 1. The number of carbonyl (C=O) groups excluding carboxylic acids is 3. The molecule has 0 spiro atoms. The Kier molecular flexibility index (Phi) is 5.67. The Morgan fingerprint density at radius 1 is 1.00 bits per heavy atom. The number of H-pyrrole nitrogens is 1. The highest BCUT2D eigenvalue weighted by atomic mass is 16.2. The first kappa shape index (κ1) is 17.4. The lowest BCUT2D eigenvalue weighted by atomic mass is 9.95. The molecule has 3 rings (SSSR count). The predicted octanol–water partition coefficient (Wildman–Crippen LogP) is 0.871. The van der Waals surface area contributed by atoms with Gasteiger partial charge in [-0.15, -0.1) is 0 Å². The lowest BCUT2D eigenvalue weighted by Gasteiger charge is -2.22. The predicted molar refractivity (Wildman–Crippen MR) is 91.0 cm³/mol. The number of amides is 3. The van der Waals surface area contributed by atoms with Crippen LogP contribution < -0.4 is 16.0 Å². The van der Waals surface area contributed by atoms with Crippen LogP contribution in [-0.4, -0.2) is 46.3 Å². The summed E-state index contributed by atoms with van der Waals surface area (Å²) >= 11 is 0. The van der Waals surface area contributed by atoms with E-state index in [1.165, 1.54) is 12.7 Å². The maximum absolute atomic E-state index is 12.5. The van der Waals surface area contributed by atoms with Gasteiger partial charge in [-0.3, -0.25) is 14.4 Å². The topological polar surface area (TPSA) is 116 Å². The molecule has 25 heavy (non-hydrogen) atoms. The summed E-state index contributed by atoms with van der Waals surface area (Å²) in [5, 5.41) is 8.44. The molecule has 1 saturated heterocycles. The van der Waals surface area contributed by atoms with E-state index in [1.54, 1.807) is 0 Å². The van der Waals surface area contributed by atoms with Gasteiger partial charge < -0.3 is 20.9 Å². The van der Waals surface area contributed by atoms with Crippen LogP contribution in [0.2, 0.25) is 0 Å². The van der Waals surface area contributed by atoms with Crippen LogP contribution in [0.1, 0.15) is 72.3 Å². The van der Waals surface area contributed by atoms with Crippen LogP contribution >= 0.6 is 0 Å². The molecular formula is C17H25N5O3. The quantitative estimate of drug-likeness (QED) is 0.647. The van der Waals surface area contributed by atoms with Gasteiger partial charge in [0.25, 0.3) is 11.8 Å². The zero-order valence-electron chi connectivity index (χ0n) is 14.3. The fourth-order valence-electron chi connectivity index (χ4n) is 3.45. The van der Waals surface area contributed by atoms with Crippen LogP contribution in [0.25, 0.3) is 0 Å². The minimum absolute atomic E-state index is 0.0807. The molecule has 1 aromatic heterocycles. The molecule has 2 aliphatic rings. The van der Waals surface area contributed by atoms with Crippen molar-refractivity contribution in [3.8, 4) is 0 Å². The number of hydrogen-bond donors (Lipinski definition) is 4. The van der Waals surface area contributed by atoms with Crippen molar-refractivity contribution < 1.29 is 14.4 Å². The summed E-state index contributed by atoms with van der Waals surface area (Å²) in [4.78, 5) is 43.7.